The standard InChI is InChI=1S/C21H28N6O3/c1-11(2)17(28)22-15-10-8-7-9-14(15)16-23-20(25-18(29)12(3)4)27-21(24-16)26-19(30)13(5)6/h7-13H,1-6H3,(H,22,28)(H2,23,24,25,26,27,29,30). The first kappa shape index (κ1) is 22.9. The molecule has 0 aliphatic carbocycles. The minimum atomic E-state index is -0.281. The van der Waals surface area contributed by atoms with Crippen LogP contribution in [0.1, 0.15) is 41.5 Å². The van der Waals surface area contributed by atoms with Crippen LogP contribution in [0.4, 0.5) is 17.6 Å². The molecule has 0 atom stereocenters. The van der Waals surface area contributed by atoms with E-state index < -0.39 is 0 Å². The Morgan fingerprint density at radius 1 is 0.667 bits per heavy atom. The zero-order chi connectivity index (χ0) is 22.4. The van der Waals surface area contributed by atoms with Gasteiger partial charge in [-0.15, -0.1) is 0 Å². The summed E-state index contributed by atoms with van der Waals surface area (Å²) in [4.78, 5) is 49.3. The van der Waals surface area contributed by atoms with E-state index in [1.54, 1.807) is 65.8 Å². The van der Waals surface area contributed by atoms with E-state index in [0.29, 0.717) is 11.3 Å². The summed E-state index contributed by atoms with van der Waals surface area (Å²) in [6, 6.07) is 7.04. The highest BCUT2D eigenvalue weighted by molar-refractivity contribution is 5.96. The highest BCUT2D eigenvalue weighted by atomic mass is 16.2. The van der Waals surface area contributed by atoms with Crippen LogP contribution in [-0.4, -0.2) is 32.7 Å². The molecule has 1 heterocycles. The molecule has 0 aliphatic heterocycles. The van der Waals surface area contributed by atoms with Gasteiger partial charge in [0.1, 0.15) is 0 Å². The third-order valence-electron chi connectivity index (χ3n) is 4.10. The van der Waals surface area contributed by atoms with Crippen LogP contribution in [0.5, 0.6) is 0 Å². The molecule has 0 saturated carbocycles. The molecule has 0 aliphatic rings. The number of anilines is 3. The summed E-state index contributed by atoms with van der Waals surface area (Å²) in [5, 5.41) is 8.12. The molecule has 0 unspecified atom stereocenters. The zero-order valence-corrected chi connectivity index (χ0v) is 18.1. The summed E-state index contributed by atoms with van der Waals surface area (Å²) in [7, 11) is 0. The zero-order valence-electron chi connectivity index (χ0n) is 18.1. The van der Waals surface area contributed by atoms with Crippen molar-refractivity contribution in [2.45, 2.75) is 41.5 Å². The van der Waals surface area contributed by atoms with Gasteiger partial charge in [0.25, 0.3) is 0 Å². The van der Waals surface area contributed by atoms with Crippen LogP contribution < -0.4 is 16.0 Å². The monoisotopic (exact) mass is 412 g/mol. The molecular formula is C21H28N6O3. The van der Waals surface area contributed by atoms with Crippen molar-refractivity contribution in [3.63, 3.8) is 0 Å². The highest BCUT2D eigenvalue weighted by Gasteiger charge is 2.18. The maximum absolute atomic E-state index is 12.2. The Labute approximate surface area is 176 Å². The maximum atomic E-state index is 12.2. The third kappa shape index (κ3) is 6.07. The second-order valence-corrected chi connectivity index (χ2v) is 7.78. The Kier molecular flexibility index (Phi) is 7.57. The fourth-order valence-electron chi connectivity index (χ4n) is 2.18. The van der Waals surface area contributed by atoms with Crippen LogP contribution in [0.3, 0.4) is 0 Å². The fourth-order valence-corrected chi connectivity index (χ4v) is 2.18. The molecular weight excluding hydrogens is 384 g/mol. The van der Waals surface area contributed by atoms with Crippen LogP contribution >= 0.6 is 0 Å². The van der Waals surface area contributed by atoms with Crippen molar-refractivity contribution in [3.05, 3.63) is 24.3 Å². The summed E-state index contributed by atoms with van der Waals surface area (Å²) >= 11 is 0. The number of benzene rings is 1. The van der Waals surface area contributed by atoms with Crippen LogP contribution in [0, 0.1) is 17.8 Å². The molecule has 30 heavy (non-hydrogen) atoms. The maximum Gasteiger partial charge on any atom is 0.234 e. The minimum absolute atomic E-state index is 0.0164. The first-order valence-electron chi connectivity index (χ1n) is 9.86. The smallest absolute Gasteiger partial charge is 0.234 e. The molecule has 0 spiro atoms. The van der Waals surface area contributed by atoms with Crippen molar-refractivity contribution in [2.24, 2.45) is 17.8 Å². The van der Waals surface area contributed by atoms with Crippen molar-refractivity contribution >= 4 is 35.3 Å². The van der Waals surface area contributed by atoms with E-state index in [-0.39, 0.29) is 53.2 Å². The first-order chi connectivity index (χ1) is 14.1. The second kappa shape index (κ2) is 9.91. The van der Waals surface area contributed by atoms with Gasteiger partial charge in [-0.3, -0.25) is 25.0 Å². The van der Waals surface area contributed by atoms with Gasteiger partial charge in [-0.25, -0.2) is 0 Å². The van der Waals surface area contributed by atoms with Crippen LogP contribution in [0.15, 0.2) is 24.3 Å². The van der Waals surface area contributed by atoms with Crippen molar-refractivity contribution < 1.29 is 14.4 Å². The third-order valence-corrected chi connectivity index (χ3v) is 4.10. The highest BCUT2D eigenvalue weighted by Crippen LogP contribution is 2.27. The van der Waals surface area contributed by atoms with Crippen LogP contribution in [-0.2, 0) is 14.4 Å². The Hall–Kier alpha value is -3.36. The lowest BCUT2D eigenvalue weighted by atomic mass is 10.1. The Morgan fingerprint density at radius 3 is 1.57 bits per heavy atom. The number of carbonyl (C=O) groups excluding carboxylic acids is 3. The van der Waals surface area contributed by atoms with Crippen molar-refractivity contribution in [1.82, 2.24) is 15.0 Å². The molecule has 3 amide bonds. The Balaban J connectivity index is 2.52. The number of hydrogen-bond donors (Lipinski definition) is 3. The van der Waals surface area contributed by atoms with E-state index in [2.05, 4.69) is 30.9 Å². The van der Waals surface area contributed by atoms with E-state index in [1.807, 2.05) is 0 Å². The number of nitrogens with zero attached hydrogens (tertiary/aromatic N) is 3. The number of aromatic nitrogens is 3. The van der Waals surface area contributed by atoms with Crippen molar-refractivity contribution in [1.29, 1.82) is 0 Å². The normalized spacial score (nSPS) is 11.0. The molecule has 1 aromatic carbocycles. The topological polar surface area (TPSA) is 126 Å². The molecule has 3 N–H and O–H groups in total. The average Bonchev–Trinajstić information content (AvgIpc) is 2.67. The average molecular weight is 412 g/mol. The summed E-state index contributed by atoms with van der Waals surface area (Å²) < 4.78 is 0. The van der Waals surface area contributed by atoms with Crippen LogP contribution in [0.2, 0.25) is 0 Å². The predicted octanol–water partition coefficient (Wildman–Crippen LogP) is 3.32. The van der Waals surface area contributed by atoms with E-state index >= 15 is 0 Å². The van der Waals surface area contributed by atoms with Gasteiger partial charge < -0.3 is 5.32 Å². The lowest BCUT2D eigenvalue weighted by Crippen LogP contribution is -2.23. The van der Waals surface area contributed by atoms with Gasteiger partial charge in [-0.2, -0.15) is 15.0 Å². The van der Waals surface area contributed by atoms with E-state index in [0.717, 1.165) is 0 Å². The molecule has 0 fully saturated rings. The largest absolute Gasteiger partial charge is 0.325 e. The SMILES string of the molecule is CC(C)C(=O)Nc1nc(NC(=O)C(C)C)nc(-c2ccccc2NC(=O)C(C)C)n1. The molecule has 9 nitrogen and oxygen atoms in total. The van der Waals surface area contributed by atoms with Crippen LogP contribution in [0.25, 0.3) is 11.4 Å². The number of rotatable bonds is 7. The number of para-hydroxylation sites is 1. The van der Waals surface area contributed by atoms with E-state index in [4.69, 9.17) is 0 Å². The number of hydrogen-bond acceptors (Lipinski definition) is 6. The van der Waals surface area contributed by atoms with Gasteiger partial charge in [0, 0.05) is 23.3 Å². The summed E-state index contributed by atoms with van der Waals surface area (Å²) in [6.07, 6.45) is 0. The summed E-state index contributed by atoms with van der Waals surface area (Å²) in [5.74, 6) is -1.22. The molecule has 0 radical (unpaired) electrons. The Morgan fingerprint density at radius 2 is 1.10 bits per heavy atom. The van der Waals surface area contributed by atoms with Gasteiger partial charge in [-0.05, 0) is 12.1 Å². The fraction of sp³-hybridized carbons (Fsp3) is 0.429. The number of nitrogens with one attached hydrogen (secondary N) is 3. The number of carbonyl (C=O) groups is 3. The van der Waals surface area contributed by atoms with Crippen molar-refractivity contribution in [2.75, 3.05) is 16.0 Å². The molecule has 2 aromatic rings. The van der Waals surface area contributed by atoms with Gasteiger partial charge in [0.05, 0.1) is 5.69 Å². The summed E-state index contributed by atoms with van der Waals surface area (Å²) in [5.41, 5.74) is 1.05. The van der Waals surface area contributed by atoms with Crippen molar-refractivity contribution in [3.8, 4) is 11.4 Å². The van der Waals surface area contributed by atoms with E-state index in [9.17, 15) is 14.4 Å². The molecule has 9 heteroatoms. The molecule has 1 aromatic heterocycles. The number of amides is 3. The first-order valence-corrected chi connectivity index (χ1v) is 9.86. The lowest BCUT2D eigenvalue weighted by Gasteiger charge is -2.14. The molecule has 0 bridgehead atoms. The lowest BCUT2D eigenvalue weighted by molar-refractivity contribution is -0.119. The summed E-state index contributed by atoms with van der Waals surface area (Å²) in [6.45, 7) is 10.6. The van der Waals surface area contributed by atoms with E-state index in [1.165, 1.54) is 0 Å². The Bertz CT molecular complexity index is 900. The van der Waals surface area contributed by atoms with Gasteiger partial charge >= 0.3 is 0 Å². The molecule has 0 saturated heterocycles. The van der Waals surface area contributed by atoms with Gasteiger partial charge in [0.2, 0.25) is 29.6 Å². The van der Waals surface area contributed by atoms with Gasteiger partial charge in [-0.1, -0.05) is 53.7 Å². The predicted molar refractivity (Wildman–Crippen MR) is 116 cm³/mol. The molecule has 2 rings (SSSR count). The quantitative estimate of drug-likeness (QED) is 0.640. The minimum Gasteiger partial charge on any atom is -0.325 e. The second-order valence-electron chi connectivity index (χ2n) is 7.78. The van der Waals surface area contributed by atoms with Gasteiger partial charge in [0.15, 0.2) is 5.82 Å². The molecule has 160 valence electrons.